The van der Waals surface area contributed by atoms with Crippen LogP contribution >= 0.6 is 0 Å². The van der Waals surface area contributed by atoms with E-state index in [2.05, 4.69) is 37.8 Å². The quantitative estimate of drug-likeness (QED) is 0.447. The highest BCUT2D eigenvalue weighted by molar-refractivity contribution is 5.79. The van der Waals surface area contributed by atoms with E-state index in [1.807, 2.05) is 25.2 Å². The lowest BCUT2D eigenvalue weighted by Crippen LogP contribution is -2.39. The summed E-state index contributed by atoms with van der Waals surface area (Å²) in [7, 11) is 3.59. The summed E-state index contributed by atoms with van der Waals surface area (Å²) in [6.45, 7) is 2.49. The molecular weight excluding hydrogens is 280 g/mol. The minimum atomic E-state index is 0.570. The first-order valence-electron chi connectivity index (χ1n) is 7.18. The third kappa shape index (κ3) is 5.17. The number of ether oxygens (including phenoxy) is 1. The minimum absolute atomic E-state index is 0.570. The molecule has 7 heteroatoms. The monoisotopic (exact) mass is 302 g/mol. The van der Waals surface area contributed by atoms with Gasteiger partial charge in [0, 0.05) is 20.6 Å². The number of aryl methyl sites for hydroxylation is 1. The Morgan fingerprint density at radius 1 is 1.27 bits per heavy atom. The Labute approximate surface area is 130 Å². The highest BCUT2D eigenvalue weighted by atomic mass is 16.5. The zero-order valence-corrected chi connectivity index (χ0v) is 13.0. The fourth-order valence-corrected chi connectivity index (χ4v) is 1.87. The van der Waals surface area contributed by atoms with Crippen molar-refractivity contribution in [3.63, 3.8) is 0 Å². The van der Waals surface area contributed by atoms with Gasteiger partial charge in [-0.15, -0.1) is 0 Å². The van der Waals surface area contributed by atoms with Crippen molar-refractivity contribution in [1.29, 1.82) is 0 Å². The lowest BCUT2D eigenvalue weighted by molar-refractivity contribution is 0.125. The van der Waals surface area contributed by atoms with Crippen molar-refractivity contribution in [1.82, 2.24) is 25.4 Å². The second-order valence-electron chi connectivity index (χ2n) is 4.69. The fraction of sp³-hybridized carbons (Fsp3) is 0.400. The van der Waals surface area contributed by atoms with Crippen LogP contribution in [0.15, 0.2) is 41.7 Å². The maximum absolute atomic E-state index is 5.61. The number of hydrogen-bond acceptors (Lipinski definition) is 4. The summed E-state index contributed by atoms with van der Waals surface area (Å²) >= 11 is 0. The molecule has 1 heterocycles. The van der Waals surface area contributed by atoms with Crippen LogP contribution < -0.4 is 10.6 Å². The van der Waals surface area contributed by atoms with E-state index in [0.717, 1.165) is 5.82 Å². The summed E-state index contributed by atoms with van der Waals surface area (Å²) in [6, 6.07) is 10.1. The van der Waals surface area contributed by atoms with Gasteiger partial charge in [-0.05, 0) is 5.56 Å². The molecule has 0 unspecified atom stereocenters. The summed E-state index contributed by atoms with van der Waals surface area (Å²) in [6.07, 6.45) is 1.53. The van der Waals surface area contributed by atoms with Crippen LogP contribution in [0.4, 0.5) is 0 Å². The van der Waals surface area contributed by atoms with Crippen molar-refractivity contribution in [2.24, 2.45) is 12.0 Å². The Bertz CT molecular complexity index is 581. The molecule has 0 saturated heterocycles. The molecule has 1 aromatic carbocycles. The van der Waals surface area contributed by atoms with Gasteiger partial charge in [-0.25, -0.2) is 4.98 Å². The Balaban J connectivity index is 1.61. The van der Waals surface area contributed by atoms with Crippen molar-refractivity contribution < 1.29 is 4.74 Å². The van der Waals surface area contributed by atoms with E-state index in [1.165, 1.54) is 11.9 Å². The average molecular weight is 302 g/mol. The van der Waals surface area contributed by atoms with Crippen molar-refractivity contribution in [2.75, 3.05) is 20.2 Å². The van der Waals surface area contributed by atoms with Crippen molar-refractivity contribution in [3.8, 4) is 0 Å². The molecule has 0 bridgehead atoms. The maximum Gasteiger partial charge on any atom is 0.191 e. The minimum Gasteiger partial charge on any atom is -0.375 e. The molecule has 2 aromatic rings. The summed E-state index contributed by atoms with van der Waals surface area (Å²) in [5.41, 5.74) is 1.17. The average Bonchev–Trinajstić information content (AvgIpc) is 2.96. The molecule has 0 saturated carbocycles. The number of guanidine groups is 1. The Morgan fingerprint density at radius 2 is 2.09 bits per heavy atom. The Hall–Kier alpha value is -2.41. The molecule has 7 nitrogen and oxygen atoms in total. The van der Waals surface area contributed by atoms with Gasteiger partial charge in [-0.2, -0.15) is 5.10 Å². The van der Waals surface area contributed by atoms with Gasteiger partial charge < -0.3 is 15.4 Å². The summed E-state index contributed by atoms with van der Waals surface area (Å²) < 4.78 is 7.34. The Morgan fingerprint density at radius 3 is 2.77 bits per heavy atom. The SMILES string of the molecule is CN=C(NCCOCc1ccccc1)NCc1ncnn1C. The van der Waals surface area contributed by atoms with Crippen LogP contribution in [-0.2, 0) is 24.9 Å². The zero-order chi connectivity index (χ0) is 15.6. The Kier molecular flexibility index (Phi) is 6.38. The third-order valence-corrected chi connectivity index (χ3v) is 3.09. The number of aromatic nitrogens is 3. The van der Waals surface area contributed by atoms with Crippen molar-refractivity contribution >= 4 is 5.96 Å². The largest absolute Gasteiger partial charge is 0.375 e. The molecule has 2 rings (SSSR count). The third-order valence-electron chi connectivity index (χ3n) is 3.09. The van der Waals surface area contributed by atoms with Crippen molar-refractivity contribution in [3.05, 3.63) is 48.0 Å². The predicted molar refractivity (Wildman–Crippen MR) is 85.3 cm³/mol. The molecule has 118 valence electrons. The van der Waals surface area contributed by atoms with Crippen LogP contribution in [0, 0.1) is 0 Å². The van der Waals surface area contributed by atoms with Gasteiger partial charge in [-0.1, -0.05) is 30.3 Å². The molecule has 2 N–H and O–H groups in total. The van der Waals surface area contributed by atoms with Gasteiger partial charge in [0.2, 0.25) is 0 Å². The number of nitrogens with one attached hydrogen (secondary N) is 2. The van der Waals surface area contributed by atoms with Gasteiger partial charge in [0.05, 0.1) is 19.8 Å². The lowest BCUT2D eigenvalue weighted by atomic mass is 10.2. The molecule has 0 aliphatic rings. The van der Waals surface area contributed by atoms with E-state index in [9.17, 15) is 0 Å². The van der Waals surface area contributed by atoms with Crippen LogP contribution in [0.1, 0.15) is 11.4 Å². The van der Waals surface area contributed by atoms with Gasteiger partial charge in [0.15, 0.2) is 5.96 Å². The van der Waals surface area contributed by atoms with Crippen LogP contribution in [0.2, 0.25) is 0 Å². The zero-order valence-electron chi connectivity index (χ0n) is 13.0. The van der Waals surface area contributed by atoms with E-state index in [1.54, 1.807) is 11.7 Å². The van der Waals surface area contributed by atoms with Crippen molar-refractivity contribution in [2.45, 2.75) is 13.2 Å². The van der Waals surface area contributed by atoms with Gasteiger partial charge in [-0.3, -0.25) is 9.67 Å². The molecule has 22 heavy (non-hydrogen) atoms. The lowest BCUT2D eigenvalue weighted by Gasteiger charge is -2.11. The van der Waals surface area contributed by atoms with Gasteiger partial charge >= 0.3 is 0 Å². The number of nitrogens with zero attached hydrogens (tertiary/aromatic N) is 4. The van der Waals surface area contributed by atoms with E-state index in [-0.39, 0.29) is 0 Å². The number of rotatable bonds is 7. The first-order valence-corrected chi connectivity index (χ1v) is 7.18. The van der Waals surface area contributed by atoms with Crippen LogP contribution in [-0.4, -0.2) is 40.9 Å². The number of hydrogen-bond donors (Lipinski definition) is 2. The summed E-state index contributed by atoms with van der Waals surface area (Å²) in [5, 5.41) is 10.4. The first-order chi connectivity index (χ1) is 10.8. The first kappa shape index (κ1) is 16.0. The predicted octanol–water partition coefficient (Wildman–Crippen LogP) is 0.697. The molecule has 0 fully saturated rings. The van der Waals surface area contributed by atoms with E-state index in [0.29, 0.717) is 32.3 Å². The molecule has 0 aliphatic carbocycles. The van der Waals surface area contributed by atoms with E-state index in [4.69, 9.17) is 4.74 Å². The van der Waals surface area contributed by atoms with Gasteiger partial charge in [0.1, 0.15) is 12.2 Å². The number of aliphatic imine (C=N–C) groups is 1. The molecular formula is C15H22N6O. The van der Waals surface area contributed by atoms with E-state index < -0.39 is 0 Å². The number of benzene rings is 1. The molecule has 1 aromatic heterocycles. The normalized spacial score (nSPS) is 11.5. The molecule has 0 aliphatic heterocycles. The maximum atomic E-state index is 5.61. The summed E-state index contributed by atoms with van der Waals surface area (Å²) in [5.74, 6) is 1.56. The van der Waals surface area contributed by atoms with E-state index >= 15 is 0 Å². The fourth-order valence-electron chi connectivity index (χ4n) is 1.87. The summed E-state index contributed by atoms with van der Waals surface area (Å²) in [4.78, 5) is 8.30. The topological polar surface area (TPSA) is 76.4 Å². The second kappa shape index (κ2) is 8.78. The van der Waals surface area contributed by atoms with Crippen LogP contribution in [0.3, 0.4) is 0 Å². The molecule has 0 amide bonds. The smallest absolute Gasteiger partial charge is 0.191 e. The molecule has 0 radical (unpaired) electrons. The molecule has 0 atom stereocenters. The van der Waals surface area contributed by atoms with Crippen LogP contribution in [0.5, 0.6) is 0 Å². The van der Waals surface area contributed by atoms with Gasteiger partial charge in [0.25, 0.3) is 0 Å². The van der Waals surface area contributed by atoms with Crippen LogP contribution in [0.25, 0.3) is 0 Å². The molecule has 0 spiro atoms. The standard InChI is InChI=1S/C15H22N6O/c1-16-15(18-10-14-19-12-20-21(14)2)17-8-9-22-11-13-6-4-3-5-7-13/h3-7,12H,8-11H2,1-2H3,(H2,16,17,18). The highest BCUT2D eigenvalue weighted by Crippen LogP contribution is 1.99. The second-order valence-corrected chi connectivity index (χ2v) is 4.69. The highest BCUT2D eigenvalue weighted by Gasteiger charge is 2.02.